The molecule has 0 bridgehead atoms. The quantitative estimate of drug-likeness (QED) is 0.941. The van der Waals surface area contributed by atoms with E-state index < -0.39 is 0 Å². The third kappa shape index (κ3) is 3.00. The molecule has 1 unspecified atom stereocenters. The lowest BCUT2D eigenvalue weighted by molar-refractivity contribution is 0.297. The third-order valence-electron chi connectivity index (χ3n) is 3.60. The molecule has 4 nitrogen and oxygen atoms in total. The second kappa shape index (κ2) is 6.14. The monoisotopic (exact) mass is 284 g/mol. The highest BCUT2D eigenvalue weighted by molar-refractivity contribution is 5.45. The van der Waals surface area contributed by atoms with Crippen molar-refractivity contribution < 1.29 is 9.47 Å². The van der Waals surface area contributed by atoms with Gasteiger partial charge >= 0.3 is 0 Å². The van der Waals surface area contributed by atoms with Crippen molar-refractivity contribution in [3.63, 3.8) is 0 Å². The first-order chi connectivity index (χ1) is 10.3. The lowest BCUT2D eigenvalue weighted by atomic mass is 10.0. The topological polar surface area (TPSA) is 43.4 Å². The van der Waals surface area contributed by atoms with Gasteiger partial charge in [0.15, 0.2) is 11.5 Å². The highest BCUT2D eigenvalue weighted by atomic mass is 16.5. The van der Waals surface area contributed by atoms with Gasteiger partial charge in [-0.3, -0.25) is 4.98 Å². The number of nitrogens with zero attached hydrogens (tertiary/aromatic N) is 1. The van der Waals surface area contributed by atoms with E-state index in [0.29, 0.717) is 13.2 Å². The van der Waals surface area contributed by atoms with Gasteiger partial charge in [0.2, 0.25) is 0 Å². The van der Waals surface area contributed by atoms with Crippen LogP contribution in [-0.4, -0.2) is 25.2 Å². The molecule has 2 heterocycles. The molecule has 1 aromatic heterocycles. The molecular formula is C17H20N2O2. The molecule has 0 amide bonds. The van der Waals surface area contributed by atoms with Gasteiger partial charge in [-0.15, -0.1) is 0 Å². The van der Waals surface area contributed by atoms with Crippen LogP contribution >= 0.6 is 0 Å². The first-order valence-electron chi connectivity index (χ1n) is 7.28. The number of hydrogen-bond acceptors (Lipinski definition) is 4. The molecule has 21 heavy (non-hydrogen) atoms. The van der Waals surface area contributed by atoms with Crippen molar-refractivity contribution in [2.75, 3.05) is 20.3 Å². The minimum absolute atomic E-state index is 0.0436. The maximum absolute atomic E-state index is 5.77. The number of pyridine rings is 1. The summed E-state index contributed by atoms with van der Waals surface area (Å²) in [4.78, 5) is 4.62. The average molecular weight is 284 g/mol. The Morgan fingerprint density at radius 2 is 1.90 bits per heavy atom. The first kappa shape index (κ1) is 13.9. The molecule has 3 rings (SSSR count). The van der Waals surface area contributed by atoms with Crippen LogP contribution in [0.1, 0.15) is 29.4 Å². The number of aryl methyl sites for hydroxylation is 1. The Hall–Kier alpha value is -2.07. The summed E-state index contributed by atoms with van der Waals surface area (Å²) in [6, 6.07) is 12.2. The van der Waals surface area contributed by atoms with Crippen LogP contribution in [-0.2, 0) is 0 Å². The van der Waals surface area contributed by atoms with Gasteiger partial charge in [0.05, 0.1) is 24.9 Å². The predicted octanol–water partition coefficient (Wildman–Crippen LogP) is 2.86. The second-order valence-corrected chi connectivity index (χ2v) is 5.18. The van der Waals surface area contributed by atoms with E-state index in [1.807, 2.05) is 44.3 Å². The zero-order valence-corrected chi connectivity index (χ0v) is 12.4. The van der Waals surface area contributed by atoms with Crippen LogP contribution in [0.15, 0.2) is 36.4 Å². The average Bonchev–Trinajstić information content (AvgIpc) is 2.73. The third-order valence-corrected chi connectivity index (χ3v) is 3.60. The summed E-state index contributed by atoms with van der Waals surface area (Å²) in [6.07, 6.45) is 0.916. The Morgan fingerprint density at radius 3 is 2.67 bits per heavy atom. The second-order valence-electron chi connectivity index (χ2n) is 5.18. The molecule has 0 saturated carbocycles. The molecule has 1 aromatic carbocycles. The van der Waals surface area contributed by atoms with Crippen molar-refractivity contribution in [3.8, 4) is 11.5 Å². The molecule has 1 aliphatic rings. The van der Waals surface area contributed by atoms with Gasteiger partial charge in [0, 0.05) is 12.1 Å². The summed E-state index contributed by atoms with van der Waals surface area (Å²) in [5.74, 6) is 1.64. The van der Waals surface area contributed by atoms with Crippen LogP contribution in [0.5, 0.6) is 11.5 Å². The molecule has 1 aliphatic heterocycles. The number of hydrogen-bond donors (Lipinski definition) is 1. The standard InChI is InChI=1S/C17H20N2O2/c1-12-5-3-6-14(19-12)17(18-2)13-7-8-15-16(11-13)21-10-4-9-20-15/h3,5-8,11,17-18H,4,9-10H2,1-2H3. The van der Waals surface area contributed by atoms with E-state index in [1.54, 1.807) is 0 Å². The van der Waals surface area contributed by atoms with Crippen molar-refractivity contribution in [3.05, 3.63) is 53.3 Å². The van der Waals surface area contributed by atoms with Gasteiger partial charge in [-0.2, -0.15) is 0 Å². The zero-order valence-electron chi connectivity index (χ0n) is 12.4. The van der Waals surface area contributed by atoms with E-state index in [-0.39, 0.29) is 6.04 Å². The maximum atomic E-state index is 5.77. The normalized spacial score (nSPS) is 15.3. The van der Waals surface area contributed by atoms with Crippen molar-refractivity contribution in [2.45, 2.75) is 19.4 Å². The minimum Gasteiger partial charge on any atom is -0.490 e. The van der Waals surface area contributed by atoms with Crippen molar-refractivity contribution in [2.24, 2.45) is 0 Å². The van der Waals surface area contributed by atoms with Gasteiger partial charge in [-0.25, -0.2) is 0 Å². The maximum Gasteiger partial charge on any atom is 0.161 e. The molecule has 110 valence electrons. The molecule has 2 aromatic rings. The van der Waals surface area contributed by atoms with Gasteiger partial charge in [-0.05, 0) is 43.8 Å². The lowest BCUT2D eigenvalue weighted by Crippen LogP contribution is -2.19. The van der Waals surface area contributed by atoms with E-state index >= 15 is 0 Å². The molecule has 1 N–H and O–H groups in total. The number of nitrogens with one attached hydrogen (secondary N) is 1. The van der Waals surface area contributed by atoms with Gasteiger partial charge < -0.3 is 14.8 Å². The Balaban J connectivity index is 1.96. The highest BCUT2D eigenvalue weighted by Gasteiger charge is 2.17. The Labute approximate surface area is 125 Å². The fraction of sp³-hybridized carbons (Fsp3) is 0.353. The fourth-order valence-corrected chi connectivity index (χ4v) is 2.57. The van der Waals surface area contributed by atoms with Crippen molar-refractivity contribution in [1.82, 2.24) is 10.3 Å². The highest BCUT2D eigenvalue weighted by Crippen LogP contribution is 2.33. The SMILES string of the molecule is CNC(c1ccc2c(c1)OCCCO2)c1cccc(C)n1. The van der Waals surface area contributed by atoms with Crippen molar-refractivity contribution >= 4 is 0 Å². The number of benzene rings is 1. The van der Waals surface area contributed by atoms with Gasteiger partial charge in [-0.1, -0.05) is 12.1 Å². The fourth-order valence-electron chi connectivity index (χ4n) is 2.57. The predicted molar refractivity (Wildman–Crippen MR) is 81.9 cm³/mol. The van der Waals surface area contributed by atoms with E-state index in [9.17, 15) is 0 Å². The molecule has 0 fully saturated rings. The summed E-state index contributed by atoms with van der Waals surface area (Å²) in [6.45, 7) is 3.41. The van der Waals surface area contributed by atoms with Crippen LogP contribution in [0.3, 0.4) is 0 Å². The van der Waals surface area contributed by atoms with Gasteiger partial charge in [0.25, 0.3) is 0 Å². The molecule has 0 saturated heterocycles. The Bertz CT molecular complexity index is 628. The van der Waals surface area contributed by atoms with Crippen LogP contribution in [0, 0.1) is 6.92 Å². The van der Waals surface area contributed by atoms with Crippen LogP contribution in [0.2, 0.25) is 0 Å². The van der Waals surface area contributed by atoms with Gasteiger partial charge in [0.1, 0.15) is 0 Å². The zero-order chi connectivity index (χ0) is 14.7. The summed E-state index contributed by atoms with van der Waals surface area (Å²) in [5.41, 5.74) is 3.15. The van der Waals surface area contributed by atoms with E-state index in [4.69, 9.17) is 9.47 Å². The molecule has 0 spiro atoms. The van der Waals surface area contributed by atoms with Crippen molar-refractivity contribution in [1.29, 1.82) is 0 Å². The van der Waals surface area contributed by atoms with E-state index in [1.165, 1.54) is 0 Å². The Kier molecular flexibility index (Phi) is 4.06. The van der Waals surface area contributed by atoms with Crippen LogP contribution < -0.4 is 14.8 Å². The summed E-state index contributed by atoms with van der Waals surface area (Å²) >= 11 is 0. The summed E-state index contributed by atoms with van der Waals surface area (Å²) in [5, 5.41) is 3.33. The number of aromatic nitrogens is 1. The Morgan fingerprint density at radius 1 is 1.10 bits per heavy atom. The summed E-state index contributed by atoms with van der Waals surface area (Å²) < 4.78 is 11.5. The van der Waals surface area contributed by atoms with E-state index in [0.717, 1.165) is 34.9 Å². The molecular weight excluding hydrogens is 264 g/mol. The number of rotatable bonds is 3. The smallest absolute Gasteiger partial charge is 0.161 e. The molecule has 4 heteroatoms. The minimum atomic E-state index is 0.0436. The molecule has 0 radical (unpaired) electrons. The number of ether oxygens (including phenoxy) is 2. The van der Waals surface area contributed by atoms with E-state index in [2.05, 4.69) is 16.4 Å². The molecule has 0 aliphatic carbocycles. The largest absolute Gasteiger partial charge is 0.490 e. The lowest BCUT2D eigenvalue weighted by Gasteiger charge is -2.18. The molecule has 1 atom stereocenters. The number of fused-ring (bicyclic) bond motifs is 1. The van der Waals surface area contributed by atoms with Crippen LogP contribution in [0.4, 0.5) is 0 Å². The van der Waals surface area contributed by atoms with Crippen LogP contribution in [0.25, 0.3) is 0 Å². The summed E-state index contributed by atoms with van der Waals surface area (Å²) in [7, 11) is 1.94. The first-order valence-corrected chi connectivity index (χ1v) is 7.28.